The fourth-order valence-corrected chi connectivity index (χ4v) is 4.71. The molecule has 0 aliphatic carbocycles. The molecule has 2 aliphatic heterocycles. The summed E-state index contributed by atoms with van der Waals surface area (Å²) in [6, 6.07) is 17.2. The van der Waals surface area contributed by atoms with Gasteiger partial charge in [-0.15, -0.1) is 0 Å². The molecule has 4 nitrogen and oxygen atoms in total. The van der Waals surface area contributed by atoms with E-state index in [1.165, 1.54) is 17.7 Å². The fourth-order valence-electron chi connectivity index (χ4n) is 4.71. The van der Waals surface area contributed by atoms with Gasteiger partial charge in [0.25, 0.3) is 0 Å². The van der Waals surface area contributed by atoms with Crippen LogP contribution in [-0.2, 0) is 11.2 Å². The number of rotatable bonds is 5. The lowest BCUT2D eigenvalue weighted by atomic mass is 9.88. The molecule has 160 valence electrons. The molecule has 0 radical (unpaired) electrons. The van der Waals surface area contributed by atoms with Crippen LogP contribution in [0.1, 0.15) is 37.8 Å². The van der Waals surface area contributed by atoms with Crippen LogP contribution in [0.2, 0.25) is 0 Å². The first-order valence-corrected chi connectivity index (χ1v) is 10.8. The zero-order valence-electron chi connectivity index (χ0n) is 18.1. The van der Waals surface area contributed by atoms with Crippen molar-refractivity contribution in [2.75, 3.05) is 26.2 Å². The van der Waals surface area contributed by atoms with Gasteiger partial charge in [0.05, 0.1) is 6.04 Å². The number of nitrogens with zero attached hydrogens (tertiary/aromatic N) is 2. The molecule has 2 aliphatic rings. The van der Waals surface area contributed by atoms with E-state index in [4.69, 9.17) is 4.74 Å². The molecule has 2 aromatic rings. The first kappa shape index (κ1) is 20.9. The van der Waals surface area contributed by atoms with Crippen molar-refractivity contribution in [1.82, 2.24) is 9.80 Å². The average Bonchev–Trinajstić information content (AvgIpc) is 3.29. The quantitative estimate of drug-likeness (QED) is 0.716. The van der Waals surface area contributed by atoms with Crippen LogP contribution in [0, 0.1) is 11.7 Å². The molecule has 1 amide bonds. The van der Waals surface area contributed by atoms with Crippen LogP contribution in [0.5, 0.6) is 0 Å². The third kappa shape index (κ3) is 4.51. The molecule has 0 bridgehead atoms. The molecule has 5 heteroatoms. The van der Waals surface area contributed by atoms with E-state index in [9.17, 15) is 9.18 Å². The normalized spacial score (nSPS) is 25.0. The number of likely N-dealkylation sites (tertiary alicyclic amines) is 1. The highest BCUT2D eigenvalue weighted by atomic mass is 19.1. The number of benzene rings is 2. The third-order valence-electron chi connectivity index (χ3n) is 6.51. The molecular formula is C25H31FN2O2. The van der Waals surface area contributed by atoms with Gasteiger partial charge in [0.2, 0.25) is 0 Å². The van der Waals surface area contributed by atoms with Crippen LogP contribution in [-0.4, -0.2) is 53.7 Å². The van der Waals surface area contributed by atoms with Crippen LogP contribution < -0.4 is 0 Å². The van der Waals surface area contributed by atoms with Crippen molar-refractivity contribution >= 4 is 6.09 Å². The van der Waals surface area contributed by atoms with Crippen LogP contribution in [0.4, 0.5) is 9.18 Å². The van der Waals surface area contributed by atoms with Crippen molar-refractivity contribution in [2.24, 2.45) is 5.92 Å². The van der Waals surface area contributed by atoms with E-state index in [1.54, 1.807) is 0 Å². The maximum absolute atomic E-state index is 13.5. The van der Waals surface area contributed by atoms with E-state index in [0.717, 1.165) is 25.1 Å². The molecule has 0 N–H and O–H groups in total. The highest BCUT2D eigenvalue weighted by molar-refractivity contribution is 5.70. The summed E-state index contributed by atoms with van der Waals surface area (Å²) in [5.41, 5.74) is 2.39. The van der Waals surface area contributed by atoms with Gasteiger partial charge in [-0.25, -0.2) is 9.18 Å². The maximum atomic E-state index is 13.5. The van der Waals surface area contributed by atoms with E-state index >= 15 is 0 Å². The largest absolute Gasteiger partial charge is 0.447 e. The van der Waals surface area contributed by atoms with Gasteiger partial charge in [-0.2, -0.15) is 0 Å². The Kier molecular flexibility index (Phi) is 5.83. The van der Waals surface area contributed by atoms with Crippen LogP contribution in [0.25, 0.3) is 0 Å². The summed E-state index contributed by atoms with van der Waals surface area (Å²) < 4.78 is 18.9. The Balaban J connectivity index is 1.54. The Morgan fingerprint density at radius 2 is 1.73 bits per heavy atom. The SMILES string of the molecule is CC(C)(C)N1CC(CN2C(=O)OC[C@@H]2Cc2ccccc2)C(c2ccc(F)cc2)C1. The topological polar surface area (TPSA) is 32.8 Å². The molecule has 0 aromatic heterocycles. The zero-order valence-corrected chi connectivity index (χ0v) is 18.1. The molecule has 2 aromatic carbocycles. The molecule has 2 fully saturated rings. The van der Waals surface area contributed by atoms with Gasteiger partial charge < -0.3 is 9.64 Å². The van der Waals surface area contributed by atoms with E-state index in [2.05, 4.69) is 37.8 Å². The second-order valence-electron chi connectivity index (χ2n) is 9.57. The summed E-state index contributed by atoms with van der Waals surface area (Å²) >= 11 is 0. The summed E-state index contributed by atoms with van der Waals surface area (Å²) in [6.07, 6.45) is 0.576. The minimum absolute atomic E-state index is 0.0436. The lowest BCUT2D eigenvalue weighted by Gasteiger charge is -2.32. The number of carbonyl (C=O) groups excluding carboxylic acids is 1. The molecule has 2 heterocycles. The number of cyclic esters (lactones) is 1. The molecule has 0 spiro atoms. The molecule has 30 heavy (non-hydrogen) atoms. The van der Waals surface area contributed by atoms with Crippen molar-refractivity contribution in [1.29, 1.82) is 0 Å². The van der Waals surface area contributed by atoms with Gasteiger partial charge in [0.15, 0.2) is 0 Å². The van der Waals surface area contributed by atoms with Crippen molar-refractivity contribution in [3.63, 3.8) is 0 Å². The van der Waals surface area contributed by atoms with Crippen molar-refractivity contribution in [3.8, 4) is 0 Å². The lowest BCUT2D eigenvalue weighted by Crippen LogP contribution is -2.42. The minimum Gasteiger partial charge on any atom is -0.447 e. The third-order valence-corrected chi connectivity index (χ3v) is 6.51. The second-order valence-corrected chi connectivity index (χ2v) is 9.57. The Hall–Kier alpha value is -2.40. The number of ether oxygens (including phenoxy) is 1. The Morgan fingerprint density at radius 1 is 1.03 bits per heavy atom. The number of amides is 1. The zero-order chi connectivity index (χ0) is 21.3. The summed E-state index contributed by atoms with van der Waals surface area (Å²) in [7, 11) is 0. The molecule has 2 saturated heterocycles. The van der Waals surface area contributed by atoms with Crippen LogP contribution in [0.15, 0.2) is 54.6 Å². The first-order chi connectivity index (χ1) is 14.3. The monoisotopic (exact) mass is 410 g/mol. The lowest BCUT2D eigenvalue weighted by molar-refractivity contribution is 0.145. The van der Waals surface area contributed by atoms with Crippen molar-refractivity contribution < 1.29 is 13.9 Å². The van der Waals surface area contributed by atoms with Crippen molar-refractivity contribution in [2.45, 2.75) is 44.7 Å². The van der Waals surface area contributed by atoms with E-state index in [-0.39, 0.29) is 35.3 Å². The maximum Gasteiger partial charge on any atom is 0.410 e. The molecule has 2 unspecified atom stereocenters. The van der Waals surface area contributed by atoms with Gasteiger partial charge >= 0.3 is 6.09 Å². The number of halogens is 1. The van der Waals surface area contributed by atoms with E-state index < -0.39 is 0 Å². The smallest absolute Gasteiger partial charge is 0.410 e. The molecule has 3 atom stereocenters. The Labute approximate surface area is 178 Å². The van der Waals surface area contributed by atoms with Gasteiger partial charge in [-0.3, -0.25) is 4.90 Å². The predicted molar refractivity (Wildman–Crippen MR) is 116 cm³/mol. The van der Waals surface area contributed by atoms with E-state index in [0.29, 0.717) is 13.2 Å². The predicted octanol–water partition coefficient (Wildman–Crippen LogP) is 4.70. The summed E-state index contributed by atoms with van der Waals surface area (Å²) in [5.74, 6) is 0.321. The molecule has 0 saturated carbocycles. The minimum atomic E-state index is -0.219. The summed E-state index contributed by atoms with van der Waals surface area (Å²) in [6.45, 7) is 9.58. The average molecular weight is 411 g/mol. The van der Waals surface area contributed by atoms with E-state index in [1.807, 2.05) is 35.2 Å². The highest BCUT2D eigenvalue weighted by Gasteiger charge is 2.42. The van der Waals surface area contributed by atoms with Crippen LogP contribution >= 0.6 is 0 Å². The number of carbonyl (C=O) groups is 1. The highest BCUT2D eigenvalue weighted by Crippen LogP contribution is 2.37. The van der Waals surface area contributed by atoms with Gasteiger partial charge in [-0.1, -0.05) is 42.5 Å². The second kappa shape index (κ2) is 8.38. The van der Waals surface area contributed by atoms with Gasteiger partial charge in [0, 0.05) is 31.1 Å². The summed E-state index contributed by atoms with van der Waals surface area (Å²) in [5, 5.41) is 0. The Morgan fingerprint density at radius 3 is 2.40 bits per heavy atom. The number of hydrogen-bond donors (Lipinski definition) is 0. The molecule has 4 rings (SSSR count). The fraction of sp³-hybridized carbons (Fsp3) is 0.480. The molecular weight excluding hydrogens is 379 g/mol. The standard InChI is InChI=1S/C25H31FN2O2/c1-25(2,3)27-14-20(23(16-27)19-9-11-21(26)12-10-19)15-28-22(17-30-24(28)29)13-18-7-5-4-6-8-18/h4-12,20,22-23H,13-17H2,1-3H3/t20?,22-,23?/m0/s1. The Bertz CT molecular complexity index is 863. The summed E-state index contributed by atoms with van der Waals surface area (Å²) in [4.78, 5) is 17.0. The van der Waals surface area contributed by atoms with Crippen molar-refractivity contribution in [3.05, 3.63) is 71.5 Å². The van der Waals surface area contributed by atoms with Crippen LogP contribution in [0.3, 0.4) is 0 Å². The van der Waals surface area contributed by atoms with Gasteiger partial charge in [-0.05, 0) is 56.4 Å². The van der Waals surface area contributed by atoms with Gasteiger partial charge in [0.1, 0.15) is 12.4 Å². The number of hydrogen-bond acceptors (Lipinski definition) is 3. The first-order valence-electron chi connectivity index (χ1n) is 10.8.